The van der Waals surface area contributed by atoms with E-state index in [-0.39, 0.29) is 10.6 Å². The van der Waals surface area contributed by atoms with Crippen molar-refractivity contribution in [1.29, 1.82) is 0 Å². The zero-order chi connectivity index (χ0) is 19.9. The van der Waals surface area contributed by atoms with Crippen molar-refractivity contribution >= 4 is 27.5 Å². The lowest BCUT2D eigenvalue weighted by molar-refractivity contribution is -0.174. The van der Waals surface area contributed by atoms with Gasteiger partial charge in [-0.25, -0.2) is 8.42 Å². The van der Waals surface area contributed by atoms with Gasteiger partial charge in [0.15, 0.2) is 0 Å². The normalized spacial score (nSPS) is 15.6. The van der Waals surface area contributed by atoms with Gasteiger partial charge in [-0.15, -0.1) is 0 Å². The SMILES string of the molecule is O=C(COCC(F)(F)F)Nc1ccc(S(=O)(=O)NC2=NCCCCC2)cc1. The van der Waals surface area contributed by atoms with Crippen LogP contribution in [0.3, 0.4) is 0 Å². The molecule has 1 amide bonds. The van der Waals surface area contributed by atoms with Crippen molar-refractivity contribution in [3.05, 3.63) is 24.3 Å². The summed E-state index contributed by atoms with van der Waals surface area (Å²) in [5.74, 6) is -0.354. The number of rotatable bonds is 6. The molecule has 27 heavy (non-hydrogen) atoms. The highest BCUT2D eigenvalue weighted by molar-refractivity contribution is 7.90. The van der Waals surface area contributed by atoms with E-state index in [1.54, 1.807) is 0 Å². The minimum absolute atomic E-state index is 0.0132. The molecule has 150 valence electrons. The van der Waals surface area contributed by atoms with Gasteiger partial charge in [0, 0.05) is 18.7 Å². The van der Waals surface area contributed by atoms with Gasteiger partial charge >= 0.3 is 6.18 Å². The molecule has 1 aliphatic heterocycles. The van der Waals surface area contributed by atoms with Gasteiger partial charge in [0.1, 0.15) is 19.0 Å². The van der Waals surface area contributed by atoms with Crippen LogP contribution in [0.25, 0.3) is 0 Å². The van der Waals surface area contributed by atoms with Crippen molar-refractivity contribution in [1.82, 2.24) is 4.72 Å². The fourth-order valence-electron chi connectivity index (χ4n) is 2.35. The number of nitrogens with zero attached hydrogens (tertiary/aromatic N) is 1. The Hall–Kier alpha value is -2.14. The molecule has 1 aromatic carbocycles. The minimum atomic E-state index is -4.51. The van der Waals surface area contributed by atoms with Gasteiger partial charge in [0.2, 0.25) is 5.91 Å². The van der Waals surface area contributed by atoms with Crippen molar-refractivity contribution in [2.45, 2.75) is 36.8 Å². The molecule has 0 saturated carbocycles. The van der Waals surface area contributed by atoms with Gasteiger partial charge in [-0.05, 0) is 37.1 Å². The Morgan fingerprint density at radius 2 is 1.85 bits per heavy atom. The summed E-state index contributed by atoms with van der Waals surface area (Å²) in [7, 11) is -3.80. The van der Waals surface area contributed by atoms with Crippen LogP contribution >= 0.6 is 0 Å². The van der Waals surface area contributed by atoms with Crippen molar-refractivity contribution in [3.8, 4) is 0 Å². The third kappa shape index (κ3) is 7.55. The number of anilines is 1. The van der Waals surface area contributed by atoms with E-state index in [1.165, 1.54) is 24.3 Å². The molecule has 0 fully saturated rings. The summed E-state index contributed by atoms with van der Waals surface area (Å²) in [5.41, 5.74) is 0.237. The second-order valence-electron chi connectivity index (χ2n) is 5.93. The Morgan fingerprint density at radius 1 is 1.15 bits per heavy atom. The molecule has 1 aromatic rings. The van der Waals surface area contributed by atoms with Crippen LogP contribution in [0.15, 0.2) is 34.2 Å². The van der Waals surface area contributed by atoms with Gasteiger partial charge in [-0.2, -0.15) is 13.2 Å². The number of alkyl halides is 3. The van der Waals surface area contributed by atoms with Crippen LogP contribution in [-0.4, -0.2) is 46.1 Å². The van der Waals surface area contributed by atoms with Gasteiger partial charge < -0.3 is 10.1 Å². The van der Waals surface area contributed by atoms with Crippen LogP contribution in [0.2, 0.25) is 0 Å². The fraction of sp³-hybridized carbons (Fsp3) is 0.500. The lowest BCUT2D eigenvalue weighted by Crippen LogP contribution is -2.30. The highest BCUT2D eigenvalue weighted by Gasteiger charge is 2.27. The zero-order valence-corrected chi connectivity index (χ0v) is 15.2. The first-order valence-electron chi connectivity index (χ1n) is 8.26. The van der Waals surface area contributed by atoms with Crippen LogP contribution < -0.4 is 10.0 Å². The first-order valence-corrected chi connectivity index (χ1v) is 9.75. The summed E-state index contributed by atoms with van der Waals surface area (Å²) in [6.45, 7) is -1.70. The number of carbonyl (C=O) groups excluding carboxylic acids is 1. The van der Waals surface area contributed by atoms with Gasteiger partial charge in [0.05, 0.1) is 4.90 Å². The Balaban J connectivity index is 1.91. The van der Waals surface area contributed by atoms with E-state index in [1.807, 2.05) is 0 Å². The van der Waals surface area contributed by atoms with Crippen molar-refractivity contribution < 1.29 is 31.1 Å². The highest BCUT2D eigenvalue weighted by atomic mass is 32.2. The van der Waals surface area contributed by atoms with Gasteiger partial charge in [0.25, 0.3) is 10.0 Å². The smallest absolute Gasteiger partial charge is 0.362 e. The van der Waals surface area contributed by atoms with E-state index in [4.69, 9.17) is 0 Å². The molecule has 0 aromatic heterocycles. The molecule has 2 rings (SSSR count). The standard InChI is InChI=1S/C16H20F3N3O4S/c17-16(18,19)11-26-10-15(23)21-12-5-7-13(8-6-12)27(24,25)22-14-4-2-1-3-9-20-14/h5-8H,1-4,9-11H2,(H,20,22)(H,21,23). The number of ether oxygens (including phenoxy) is 1. The maximum atomic E-state index is 12.4. The average Bonchev–Trinajstić information content (AvgIpc) is 2.82. The number of hydrogen-bond donors (Lipinski definition) is 2. The molecule has 0 saturated heterocycles. The lowest BCUT2D eigenvalue weighted by atomic mass is 10.2. The molecule has 11 heteroatoms. The second kappa shape index (κ2) is 9.18. The summed E-state index contributed by atoms with van der Waals surface area (Å²) >= 11 is 0. The lowest BCUT2D eigenvalue weighted by Gasteiger charge is -2.11. The third-order valence-electron chi connectivity index (χ3n) is 3.57. The summed E-state index contributed by atoms with van der Waals surface area (Å²) in [4.78, 5) is 15.7. The van der Waals surface area contributed by atoms with Crippen LogP contribution in [0.4, 0.5) is 18.9 Å². The predicted molar refractivity (Wildman–Crippen MR) is 93.0 cm³/mol. The van der Waals surface area contributed by atoms with Crippen LogP contribution in [0, 0.1) is 0 Å². The van der Waals surface area contributed by atoms with Crippen molar-refractivity contribution in [2.75, 3.05) is 25.1 Å². The number of carbonyl (C=O) groups is 1. The highest BCUT2D eigenvalue weighted by Crippen LogP contribution is 2.16. The predicted octanol–water partition coefficient (Wildman–Crippen LogP) is 2.45. The number of halogens is 3. The summed E-state index contributed by atoms with van der Waals surface area (Å²) < 4.78 is 67.3. The Labute approximate surface area is 155 Å². The van der Waals surface area contributed by atoms with E-state index in [9.17, 15) is 26.4 Å². The van der Waals surface area contributed by atoms with Crippen LogP contribution in [-0.2, 0) is 19.6 Å². The number of hydrogen-bond acceptors (Lipinski definition) is 5. The van der Waals surface area contributed by atoms with E-state index in [0.29, 0.717) is 18.8 Å². The molecule has 7 nitrogen and oxygen atoms in total. The number of benzene rings is 1. The largest absolute Gasteiger partial charge is 0.411 e. The number of sulfonamides is 1. The van der Waals surface area contributed by atoms with E-state index >= 15 is 0 Å². The topological polar surface area (TPSA) is 96.9 Å². The maximum absolute atomic E-state index is 12.4. The Bertz CT molecular complexity index is 777. The quantitative estimate of drug-likeness (QED) is 0.757. The van der Waals surface area contributed by atoms with E-state index in [0.717, 1.165) is 19.3 Å². The van der Waals surface area contributed by atoms with Crippen molar-refractivity contribution in [2.24, 2.45) is 4.99 Å². The average molecular weight is 407 g/mol. The monoisotopic (exact) mass is 407 g/mol. The van der Waals surface area contributed by atoms with Gasteiger partial charge in [-0.1, -0.05) is 6.42 Å². The van der Waals surface area contributed by atoms with E-state index in [2.05, 4.69) is 19.8 Å². The fourth-order valence-corrected chi connectivity index (χ4v) is 3.43. The van der Waals surface area contributed by atoms with Crippen LogP contribution in [0.5, 0.6) is 0 Å². The van der Waals surface area contributed by atoms with E-state index < -0.39 is 35.3 Å². The molecule has 0 unspecified atom stereocenters. The third-order valence-corrected chi connectivity index (χ3v) is 4.97. The summed E-state index contributed by atoms with van der Waals surface area (Å²) in [5, 5.41) is 2.33. The molecule has 0 spiro atoms. The molecule has 0 bridgehead atoms. The first-order chi connectivity index (χ1) is 12.7. The van der Waals surface area contributed by atoms with Gasteiger partial charge in [-0.3, -0.25) is 14.5 Å². The van der Waals surface area contributed by atoms with Crippen LogP contribution in [0.1, 0.15) is 25.7 Å². The second-order valence-corrected chi connectivity index (χ2v) is 7.61. The number of amides is 1. The number of amidine groups is 1. The maximum Gasteiger partial charge on any atom is 0.411 e. The minimum Gasteiger partial charge on any atom is -0.362 e. The number of nitrogens with one attached hydrogen (secondary N) is 2. The number of aliphatic imine (C=N–C) groups is 1. The molecule has 0 atom stereocenters. The van der Waals surface area contributed by atoms with Crippen molar-refractivity contribution in [3.63, 3.8) is 0 Å². The molecular formula is C16H20F3N3O4S. The molecule has 0 aliphatic carbocycles. The molecular weight excluding hydrogens is 387 g/mol. The molecule has 1 aliphatic rings. The Morgan fingerprint density at radius 3 is 2.52 bits per heavy atom. The summed E-state index contributed by atoms with van der Waals surface area (Å²) in [6.07, 6.45) is -1.17. The first kappa shape index (κ1) is 21.2. The zero-order valence-electron chi connectivity index (χ0n) is 14.4. The molecule has 2 N–H and O–H groups in total. The molecule has 0 radical (unpaired) electrons. The Kier molecular flexibility index (Phi) is 7.19. The molecule has 1 heterocycles. The summed E-state index contributed by atoms with van der Waals surface area (Å²) in [6, 6.07) is 5.24.